The maximum Gasteiger partial charge on any atom is 0.236 e. The second-order valence-corrected chi connectivity index (χ2v) is 8.10. The van der Waals surface area contributed by atoms with Crippen LogP contribution in [-0.4, -0.2) is 74.8 Å². The Labute approximate surface area is 165 Å². The Kier molecular flexibility index (Phi) is 7.79. The van der Waals surface area contributed by atoms with Gasteiger partial charge in [-0.3, -0.25) is 9.59 Å². The predicted molar refractivity (Wildman–Crippen MR) is 107 cm³/mol. The molecule has 0 spiro atoms. The summed E-state index contributed by atoms with van der Waals surface area (Å²) in [6.07, 6.45) is 0.273. The van der Waals surface area contributed by atoms with E-state index in [0.29, 0.717) is 24.6 Å². The fourth-order valence-corrected chi connectivity index (χ4v) is 4.23. The van der Waals surface area contributed by atoms with Crippen LogP contribution in [0.5, 0.6) is 11.5 Å². The van der Waals surface area contributed by atoms with Crippen molar-refractivity contribution in [3.63, 3.8) is 0 Å². The van der Waals surface area contributed by atoms with Crippen LogP contribution >= 0.6 is 11.8 Å². The molecule has 150 valence electrons. The maximum absolute atomic E-state index is 12.7. The number of nitrogens with zero attached hydrogens (tertiary/aromatic N) is 2. The second kappa shape index (κ2) is 9.85. The van der Waals surface area contributed by atoms with Crippen LogP contribution in [0.25, 0.3) is 0 Å². The minimum Gasteiger partial charge on any atom is -0.497 e. The van der Waals surface area contributed by atoms with Crippen molar-refractivity contribution in [3.8, 4) is 11.5 Å². The number of carbonyl (C=O) groups excluding carboxylic acids is 2. The predicted octanol–water partition coefficient (Wildman–Crippen LogP) is 1.73. The molecule has 2 atom stereocenters. The molecular formula is C19H29N3O4S. The third kappa shape index (κ3) is 5.52. The van der Waals surface area contributed by atoms with Crippen LogP contribution in [-0.2, 0) is 9.59 Å². The van der Waals surface area contributed by atoms with Gasteiger partial charge < -0.3 is 24.6 Å². The van der Waals surface area contributed by atoms with E-state index in [9.17, 15) is 9.59 Å². The van der Waals surface area contributed by atoms with Crippen LogP contribution in [0.3, 0.4) is 0 Å². The minimum absolute atomic E-state index is 0.0379. The number of nitrogens with one attached hydrogen (secondary N) is 1. The highest BCUT2D eigenvalue weighted by Crippen LogP contribution is 2.46. The topological polar surface area (TPSA) is 71.1 Å². The van der Waals surface area contributed by atoms with Gasteiger partial charge in [0.25, 0.3) is 0 Å². The number of amides is 2. The Bertz CT molecular complexity index is 668. The molecule has 1 saturated heterocycles. The minimum atomic E-state index is -0.202. The molecule has 0 aromatic heterocycles. The zero-order valence-corrected chi connectivity index (χ0v) is 17.5. The fraction of sp³-hybridized carbons (Fsp3) is 0.579. The van der Waals surface area contributed by atoms with E-state index < -0.39 is 0 Å². The number of ether oxygens (including phenoxy) is 2. The van der Waals surface area contributed by atoms with Gasteiger partial charge in [0.15, 0.2) is 0 Å². The Morgan fingerprint density at radius 1 is 1.30 bits per heavy atom. The summed E-state index contributed by atoms with van der Waals surface area (Å²) in [5.74, 6) is 1.40. The number of benzene rings is 1. The van der Waals surface area contributed by atoms with Crippen molar-refractivity contribution in [1.29, 1.82) is 0 Å². The summed E-state index contributed by atoms with van der Waals surface area (Å²) in [6, 6.07) is 5.57. The third-order valence-electron chi connectivity index (χ3n) is 4.41. The van der Waals surface area contributed by atoms with Gasteiger partial charge in [-0.1, -0.05) is 0 Å². The van der Waals surface area contributed by atoms with E-state index in [1.807, 2.05) is 44.1 Å². The van der Waals surface area contributed by atoms with E-state index in [0.717, 1.165) is 12.1 Å². The normalized spacial score (nSPS) is 19.5. The highest BCUT2D eigenvalue weighted by molar-refractivity contribution is 8.01. The molecule has 2 rings (SSSR count). The van der Waals surface area contributed by atoms with Gasteiger partial charge in [0.05, 0.1) is 19.5 Å². The molecule has 0 radical (unpaired) electrons. The summed E-state index contributed by atoms with van der Waals surface area (Å²) in [6.45, 7) is 3.64. The van der Waals surface area contributed by atoms with Crippen LogP contribution in [0.1, 0.15) is 24.3 Å². The molecule has 1 fully saturated rings. The van der Waals surface area contributed by atoms with Crippen molar-refractivity contribution < 1.29 is 19.1 Å². The Balaban J connectivity index is 2.10. The highest BCUT2D eigenvalue weighted by atomic mass is 32.2. The monoisotopic (exact) mass is 395 g/mol. The quantitative estimate of drug-likeness (QED) is 0.687. The molecule has 27 heavy (non-hydrogen) atoms. The molecule has 8 heteroatoms. The van der Waals surface area contributed by atoms with Gasteiger partial charge in [-0.2, -0.15) is 0 Å². The van der Waals surface area contributed by atoms with Gasteiger partial charge >= 0.3 is 0 Å². The van der Waals surface area contributed by atoms with Crippen molar-refractivity contribution in [2.75, 3.05) is 47.9 Å². The number of thioether (sulfide) groups is 1. The molecule has 1 aliphatic heterocycles. The van der Waals surface area contributed by atoms with E-state index in [2.05, 4.69) is 5.32 Å². The first-order chi connectivity index (χ1) is 12.9. The zero-order valence-electron chi connectivity index (χ0n) is 16.7. The average molecular weight is 396 g/mol. The van der Waals surface area contributed by atoms with Gasteiger partial charge in [-0.25, -0.2) is 0 Å². The van der Waals surface area contributed by atoms with E-state index >= 15 is 0 Å². The lowest BCUT2D eigenvalue weighted by molar-refractivity contribution is -0.130. The van der Waals surface area contributed by atoms with E-state index in [1.54, 1.807) is 30.9 Å². The van der Waals surface area contributed by atoms with Crippen LogP contribution < -0.4 is 14.8 Å². The van der Waals surface area contributed by atoms with Gasteiger partial charge in [0, 0.05) is 31.6 Å². The summed E-state index contributed by atoms with van der Waals surface area (Å²) in [5.41, 5.74) is 0.882. The smallest absolute Gasteiger partial charge is 0.236 e. The van der Waals surface area contributed by atoms with Gasteiger partial charge in [-0.05, 0) is 39.2 Å². The zero-order chi connectivity index (χ0) is 20.0. The molecule has 7 nitrogen and oxygen atoms in total. The van der Waals surface area contributed by atoms with E-state index in [4.69, 9.17) is 9.47 Å². The number of likely N-dealkylation sites (N-methyl/N-ethyl adjacent to an activating group) is 1. The number of methoxy groups -OCH3 is 2. The third-order valence-corrected chi connectivity index (χ3v) is 5.79. The van der Waals surface area contributed by atoms with Crippen molar-refractivity contribution in [1.82, 2.24) is 15.1 Å². The Morgan fingerprint density at radius 3 is 2.67 bits per heavy atom. The average Bonchev–Trinajstić information content (AvgIpc) is 2.93. The first kappa shape index (κ1) is 21.4. The van der Waals surface area contributed by atoms with Gasteiger partial charge in [0.1, 0.15) is 16.9 Å². The van der Waals surface area contributed by atoms with Crippen LogP contribution in [0.4, 0.5) is 0 Å². The SMILES string of the molecule is COc1ccc(OC)c([C@@H]2S[C@H](C)C(=O)N2CCC(=O)NCCN(C)C)c1. The summed E-state index contributed by atoms with van der Waals surface area (Å²) < 4.78 is 10.8. The second-order valence-electron chi connectivity index (χ2n) is 6.67. The summed E-state index contributed by atoms with van der Waals surface area (Å²) >= 11 is 1.56. The van der Waals surface area contributed by atoms with E-state index in [-0.39, 0.29) is 28.9 Å². The van der Waals surface area contributed by atoms with Gasteiger partial charge in [-0.15, -0.1) is 11.8 Å². The molecule has 0 bridgehead atoms. The Morgan fingerprint density at radius 2 is 2.04 bits per heavy atom. The molecule has 2 amide bonds. The first-order valence-electron chi connectivity index (χ1n) is 8.96. The molecule has 1 aromatic rings. The van der Waals surface area contributed by atoms with Crippen LogP contribution in [0, 0.1) is 0 Å². The standard InChI is InChI=1S/C19H29N3O4S/c1-13-18(24)22(10-8-17(23)20-9-11-21(2)3)19(27-13)15-12-14(25-4)6-7-16(15)26-5/h6-7,12-13,19H,8-11H2,1-5H3,(H,20,23)/t13-,19+/m1/s1. The lowest BCUT2D eigenvalue weighted by Gasteiger charge is -2.25. The van der Waals surface area contributed by atoms with Crippen molar-refractivity contribution >= 4 is 23.6 Å². The molecule has 0 saturated carbocycles. The lowest BCUT2D eigenvalue weighted by atomic mass is 10.1. The molecule has 1 N–H and O–H groups in total. The van der Waals surface area contributed by atoms with Crippen LogP contribution in [0.15, 0.2) is 18.2 Å². The fourth-order valence-electron chi connectivity index (χ4n) is 2.90. The number of rotatable bonds is 9. The van der Waals surface area contributed by atoms with Crippen molar-refractivity contribution in [2.24, 2.45) is 0 Å². The van der Waals surface area contributed by atoms with E-state index in [1.165, 1.54) is 0 Å². The van der Waals surface area contributed by atoms with Crippen LogP contribution in [0.2, 0.25) is 0 Å². The summed E-state index contributed by atoms with van der Waals surface area (Å²) in [5, 5.41) is 2.52. The van der Waals surface area contributed by atoms with Crippen molar-refractivity contribution in [3.05, 3.63) is 23.8 Å². The lowest BCUT2D eigenvalue weighted by Crippen LogP contribution is -2.36. The number of carbonyl (C=O) groups is 2. The largest absolute Gasteiger partial charge is 0.497 e. The molecule has 1 aromatic carbocycles. The molecular weight excluding hydrogens is 366 g/mol. The molecule has 0 aliphatic carbocycles. The molecule has 0 unspecified atom stereocenters. The Hall–Kier alpha value is -1.93. The highest BCUT2D eigenvalue weighted by Gasteiger charge is 2.39. The number of hydrogen-bond acceptors (Lipinski definition) is 6. The summed E-state index contributed by atoms with van der Waals surface area (Å²) in [4.78, 5) is 28.5. The molecule has 1 heterocycles. The van der Waals surface area contributed by atoms with Crippen molar-refractivity contribution in [2.45, 2.75) is 24.0 Å². The molecule has 1 aliphatic rings. The van der Waals surface area contributed by atoms with Gasteiger partial charge in [0.2, 0.25) is 11.8 Å². The summed E-state index contributed by atoms with van der Waals surface area (Å²) in [7, 11) is 7.13. The number of hydrogen-bond donors (Lipinski definition) is 1. The first-order valence-corrected chi connectivity index (χ1v) is 9.91. The maximum atomic E-state index is 12.7.